The lowest BCUT2D eigenvalue weighted by Gasteiger charge is -2.18. The van der Waals surface area contributed by atoms with Gasteiger partial charge in [0.25, 0.3) is 5.91 Å². The van der Waals surface area contributed by atoms with Crippen molar-refractivity contribution in [2.24, 2.45) is 0 Å². The van der Waals surface area contributed by atoms with E-state index in [2.05, 4.69) is 23.6 Å². The maximum atomic E-state index is 12.0. The summed E-state index contributed by atoms with van der Waals surface area (Å²) in [6.07, 6.45) is 5.84. The standard InChI is InChI=1S/C21H20N2O3/c24-20-12-11-19(17-6-5-14-3-1-2-4-16(14)13-17)23(22-20)18-9-7-15(8-10-18)21(25)26/h5-10,13H,1-4,11-12H2,(H-,22,24,25,26)/p+1. The summed E-state index contributed by atoms with van der Waals surface area (Å²) in [6, 6.07) is 13.2. The lowest BCUT2D eigenvalue weighted by Crippen LogP contribution is -2.40. The molecule has 5 nitrogen and oxygen atoms in total. The van der Waals surface area contributed by atoms with Crippen molar-refractivity contribution < 1.29 is 19.4 Å². The number of fused-ring (bicyclic) bond motifs is 1. The smallest absolute Gasteiger partial charge is 0.335 e. The first-order valence-electron chi connectivity index (χ1n) is 9.03. The van der Waals surface area contributed by atoms with Gasteiger partial charge in [0, 0.05) is 30.5 Å². The van der Waals surface area contributed by atoms with E-state index in [1.165, 1.54) is 24.0 Å². The molecule has 2 aromatic rings. The molecule has 2 N–H and O–H groups in total. The van der Waals surface area contributed by atoms with Crippen molar-refractivity contribution in [1.82, 2.24) is 5.43 Å². The number of hydrogen-bond acceptors (Lipinski definition) is 2. The van der Waals surface area contributed by atoms with Crippen molar-refractivity contribution in [3.05, 3.63) is 64.7 Å². The van der Waals surface area contributed by atoms with Gasteiger partial charge in [-0.2, -0.15) is 0 Å². The molecular formula is C21H21N2O3+. The average molecular weight is 349 g/mol. The fraction of sp³-hybridized carbons (Fsp3) is 0.286. The second-order valence-electron chi connectivity index (χ2n) is 6.86. The van der Waals surface area contributed by atoms with Gasteiger partial charge in [-0.05, 0) is 61.1 Å². The minimum absolute atomic E-state index is 0.0333. The fourth-order valence-electron chi connectivity index (χ4n) is 3.75. The average Bonchev–Trinajstić information content (AvgIpc) is 2.67. The highest BCUT2D eigenvalue weighted by Gasteiger charge is 2.29. The summed E-state index contributed by atoms with van der Waals surface area (Å²) in [5.41, 5.74) is 8.90. The Bertz CT molecular complexity index is 913. The molecule has 0 unspecified atom stereocenters. The third-order valence-corrected chi connectivity index (χ3v) is 5.15. The van der Waals surface area contributed by atoms with Crippen molar-refractivity contribution in [1.29, 1.82) is 0 Å². The summed E-state index contributed by atoms with van der Waals surface area (Å²) in [5.74, 6) is -0.993. The van der Waals surface area contributed by atoms with Gasteiger partial charge >= 0.3 is 5.97 Å². The van der Waals surface area contributed by atoms with E-state index in [0.29, 0.717) is 12.8 Å². The van der Waals surface area contributed by atoms with Gasteiger partial charge in [0.05, 0.1) is 5.56 Å². The van der Waals surface area contributed by atoms with Crippen molar-refractivity contribution in [2.75, 3.05) is 0 Å². The molecule has 1 heterocycles. The lowest BCUT2D eigenvalue weighted by molar-refractivity contribution is -0.496. The first kappa shape index (κ1) is 16.5. The zero-order valence-corrected chi connectivity index (χ0v) is 14.5. The molecule has 1 amide bonds. The minimum Gasteiger partial charge on any atom is -0.478 e. The quantitative estimate of drug-likeness (QED) is 0.836. The van der Waals surface area contributed by atoms with Gasteiger partial charge in [0.2, 0.25) is 11.4 Å². The topological polar surface area (TPSA) is 69.4 Å². The molecule has 0 atom stereocenters. The summed E-state index contributed by atoms with van der Waals surface area (Å²) >= 11 is 0. The number of hydrazone groups is 1. The van der Waals surface area contributed by atoms with Crippen LogP contribution >= 0.6 is 0 Å². The van der Waals surface area contributed by atoms with Crippen LogP contribution in [0.2, 0.25) is 0 Å². The monoisotopic (exact) mass is 349 g/mol. The zero-order chi connectivity index (χ0) is 18.1. The van der Waals surface area contributed by atoms with Gasteiger partial charge in [-0.3, -0.25) is 4.79 Å². The Kier molecular flexibility index (Phi) is 4.29. The lowest BCUT2D eigenvalue weighted by atomic mass is 9.89. The minimum atomic E-state index is -0.960. The predicted octanol–water partition coefficient (Wildman–Crippen LogP) is 3.22. The normalized spacial score (nSPS) is 16.8. The van der Waals surface area contributed by atoms with E-state index in [1.807, 2.05) is 0 Å². The van der Waals surface area contributed by atoms with Crippen molar-refractivity contribution in [3.8, 4) is 0 Å². The molecular weight excluding hydrogens is 328 g/mol. The highest BCUT2D eigenvalue weighted by atomic mass is 16.4. The molecule has 0 fully saturated rings. The van der Waals surface area contributed by atoms with Gasteiger partial charge in [-0.1, -0.05) is 10.8 Å². The number of aryl methyl sites for hydroxylation is 2. The molecule has 1 aliphatic heterocycles. The molecule has 0 spiro atoms. The van der Waals surface area contributed by atoms with Crippen LogP contribution in [-0.2, 0) is 17.6 Å². The Hall–Kier alpha value is -2.95. The Morgan fingerprint density at radius 2 is 1.65 bits per heavy atom. The highest BCUT2D eigenvalue weighted by Crippen LogP contribution is 2.25. The number of hydrazine groups is 1. The molecule has 26 heavy (non-hydrogen) atoms. The van der Waals surface area contributed by atoms with Crippen LogP contribution in [-0.4, -0.2) is 27.4 Å². The summed E-state index contributed by atoms with van der Waals surface area (Å²) in [5, 5.41) is 9.08. The van der Waals surface area contributed by atoms with Gasteiger partial charge in [0.15, 0.2) is 0 Å². The number of carbonyl (C=O) groups is 2. The van der Waals surface area contributed by atoms with Crippen LogP contribution in [0.4, 0.5) is 5.69 Å². The number of benzene rings is 2. The number of rotatable bonds is 3. The van der Waals surface area contributed by atoms with Gasteiger partial charge < -0.3 is 5.11 Å². The molecule has 0 saturated heterocycles. The molecule has 5 heteroatoms. The molecule has 1 aliphatic carbocycles. The third-order valence-electron chi connectivity index (χ3n) is 5.15. The third kappa shape index (κ3) is 3.12. The largest absolute Gasteiger partial charge is 0.478 e. The van der Waals surface area contributed by atoms with E-state index in [4.69, 9.17) is 5.11 Å². The summed E-state index contributed by atoms with van der Waals surface area (Å²) in [7, 11) is 0. The Morgan fingerprint density at radius 1 is 0.923 bits per heavy atom. The van der Waals surface area contributed by atoms with Crippen LogP contribution in [0, 0.1) is 0 Å². The van der Waals surface area contributed by atoms with Crippen molar-refractivity contribution in [3.63, 3.8) is 0 Å². The fourth-order valence-corrected chi connectivity index (χ4v) is 3.75. The van der Waals surface area contributed by atoms with Gasteiger partial charge in [-0.25, -0.2) is 4.79 Å². The first-order valence-corrected chi connectivity index (χ1v) is 9.03. The number of aromatic carboxylic acids is 1. The molecule has 2 aliphatic rings. The number of carbonyl (C=O) groups excluding carboxylic acids is 1. The van der Waals surface area contributed by atoms with Crippen LogP contribution in [0.25, 0.3) is 0 Å². The molecule has 4 rings (SSSR count). The van der Waals surface area contributed by atoms with Crippen molar-refractivity contribution in [2.45, 2.75) is 38.5 Å². The van der Waals surface area contributed by atoms with E-state index >= 15 is 0 Å². The van der Waals surface area contributed by atoms with Crippen LogP contribution < -0.4 is 5.43 Å². The van der Waals surface area contributed by atoms with Crippen LogP contribution in [0.15, 0.2) is 42.5 Å². The second-order valence-corrected chi connectivity index (χ2v) is 6.86. The van der Waals surface area contributed by atoms with E-state index < -0.39 is 5.97 Å². The second kappa shape index (κ2) is 6.75. The molecule has 0 bridgehead atoms. The van der Waals surface area contributed by atoms with E-state index in [0.717, 1.165) is 29.8 Å². The highest BCUT2D eigenvalue weighted by molar-refractivity contribution is 6.01. The predicted molar refractivity (Wildman–Crippen MR) is 97.9 cm³/mol. The molecule has 132 valence electrons. The molecule has 2 aromatic carbocycles. The van der Waals surface area contributed by atoms with Crippen LogP contribution in [0.1, 0.15) is 52.7 Å². The van der Waals surface area contributed by atoms with E-state index in [9.17, 15) is 9.59 Å². The summed E-state index contributed by atoms with van der Waals surface area (Å²) in [6.45, 7) is 0. The zero-order valence-electron chi connectivity index (χ0n) is 14.5. The SMILES string of the molecule is O=C1CCC(c2ccc3c(c2)CCCC3)=[N+](c2ccc(C(=O)O)cc2)N1. The number of carboxylic acids is 1. The Balaban J connectivity index is 1.78. The Labute approximate surface area is 152 Å². The summed E-state index contributed by atoms with van der Waals surface area (Å²) in [4.78, 5) is 23.0. The van der Waals surface area contributed by atoms with E-state index in [-0.39, 0.29) is 11.5 Å². The van der Waals surface area contributed by atoms with Crippen molar-refractivity contribution >= 4 is 23.3 Å². The maximum absolute atomic E-state index is 12.0. The van der Waals surface area contributed by atoms with E-state index in [1.54, 1.807) is 28.9 Å². The number of carboxylic acid groups (broad SMARTS) is 1. The van der Waals surface area contributed by atoms with Crippen LogP contribution in [0.3, 0.4) is 0 Å². The molecule has 0 radical (unpaired) electrons. The molecule has 0 saturated carbocycles. The molecule has 0 aromatic heterocycles. The summed E-state index contributed by atoms with van der Waals surface area (Å²) < 4.78 is 1.79. The number of nitrogens with one attached hydrogen (secondary N) is 1. The first-order chi connectivity index (χ1) is 12.6. The van der Waals surface area contributed by atoms with Gasteiger partial charge in [-0.15, -0.1) is 5.43 Å². The maximum Gasteiger partial charge on any atom is 0.335 e. The number of hydrogen-bond donors (Lipinski definition) is 2. The number of nitrogens with zero attached hydrogens (tertiary/aromatic N) is 1. The number of amides is 1. The Morgan fingerprint density at radius 3 is 2.38 bits per heavy atom. The van der Waals surface area contributed by atoms with Gasteiger partial charge in [0.1, 0.15) is 0 Å². The van der Waals surface area contributed by atoms with Crippen LogP contribution in [0.5, 0.6) is 0 Å².